The summed E-state index contributed by atoms with van der Waals surface area (Å²) >= 11 is 5.94. The number of nitrogens with zero attached hydrogens (tertiary/aromatic N) is 2. The molecule has 2 fully saturated rings. The molecule has 0 bridgehead atoms. The van der Waals surface area contributed by atoms with Crippen molar-refractivity contribution in [2.45, 2.75) is 31.3 Å². The largest absolute Gasteiger partial charge is 0.465 e. The van der Waals surface area contributed by atoms with Crippen molar-refractivity contribution >= 4 is 23.6 Å². The molecule has 2 N–H and O–H groups in total. The molecule has 6 nitrogen and oxygen atoms in total. The summed E-state index contributed by atoms with van der Waals surface area (Å²) in [5.74, 6) is 0.0445. The fourth-order valence-corrected chi connectivity index (χ4v) is 3.72. The van der Waals surface area contributed by atoms with Gasteiger partial charge in [-0.1, -0.05) is 23.7 Å². The number of hydrogen-bond acceptors (Lipinski definition) is 3. The third kappa shape index (κ3) is 3.99. The van der Waals surface area contributed by atoms with Gasteiger partial charge in [0.25, 0.3) is 0 Å². The molecule has 0 spiro atoms. The summed E-state index contributed by atoms with van der Waals surface area (Å²) in [6, 6.07) is 8.28. The number of halogens is 1. The van der Waals surface area contributed by atoms with Gasteiger partial charge >= 0.3 is 6.09 Å². The maximum atomic E-state index is 11.9. The third-order valence-electron chi connectivity index (χ3n) is 4.92. The molecule has 2 heterocycles. The molecular formula is C17H22ClN3O3. The second-order valence-electron chi connectivity index (χ2n) is 6.46. The first-order valence-corrected chi connectivity index (χ1v) is 8.65. The van der Waals surface area contributed by atoms with E-state index in [9.17, 15) is 9.59 Å². The lowest BCUT2D eigenvalue weighted by molar-refractivity contribution is -0.127. The van der Waals surface area contributed by atoms with Crippen LogP contribution < -0.4 is 5.32 Å². The van der Waals surface area contributed by atoms with Gasteiger partial charge in [-0.15, -0.1) is 0 Å². The van der Waals surface area contributed by atoms with Gasteiger partial charge in [0.05, 0.1) is 6.54 Å². The van der Waals surface area contributed by atoms with Crippen LogP contribution >= 0.6 is 11.6 Å². The molecule has 0 aromatic heterocycles. The van der Waals surface area contributed by atoms with Gasteiger partial charge in [-0.05, 0) is 37.0 Å². The topological polar surface area (TPSA) is 72.9 Å². The Balaban J connectivity index is 1.67. The molecule has 1 aromatic carbocycles. The van der Waals surface area contributed by atoms with Crippen LogP contribution in [-0.2, 0) is 11.2 Å². The zero-order valence-corrected chi connectivity index (χ0v) is 14.2. The van der Waals surface area contributed by atoms with Crippen molar-refractivity contribution in [3.05, 3.63) is 34.9 Å². The van der Waals surface area contributed by atoms with Crippen molar-refractivity contribution in [3.8, 4) is 0 Å². The van der Waals surface area contributed by atoms with Gasteiger partial charge in [0.1, 0.15) is 0 Å². The first-order valence-electron chi connectivity index (χ1n) is 8.27. The molecule has 0 unspecified atom stereocenters. The number of carboxylic acid groups (broad SMARTS) is 1. The van der Waals surface area contributed by atoms with Crippen LogP contribution in [0.4, 0.5) is 4.79 Å². The molecule has 2 amide bonds. The van der Waals surface area contributed by atoms with Gasteiger partial charge in [-0.25, -0.2) is 4.79 Å². The van der Waals surface area contributed by atoms with Gasteiger partial charge in [0, 0.05) is 36.7 Å². The van der Waals surface area contributed by atoms with Crippen molar-refractivity contribution in [2.75, 3.05) is 26.2 Å². The lowest BCUT2D eigenvalue weighted by Crippen LogP contribution is -2.60. The standard InChI is InChI=1S/C17H22ClN3O3/c18-13-3-1-12(2-4-13)9-15-10-19-16(22)11-21(15)14-5-7-20(8-6-14)17(23)24/h1-4,14-15H,5-11H2,(H,19,22)(H,23,24)/t15-/m0/s1. The van der Waals surface area contributed by atoms with E-state index in [0.29, 0.717) is 31.2 Å². The Morgan fingerprint density at radius 1 is 1.25 bits per heavy atom. The lowest BCUT2D eigenvalue weighted by atomic mass is 9.96. The highest BCUT2D eigenvalue weighted by Crippen LogP contribution is 2.22. The molecule has 1 atom stereocenters. The van der Waals surface area contributed by atoms with Crippen LogP contribution in [0.25, 0.3) is 0 Å². The van der Waals surface area contributed by atoms with Crippen LogP contribution in [0.1, 0.15) is 18.4 Å². The Bertz CT molecular complexity index is 600. The minimum atomic E-state index is -0.859. The Kier molecular flexibility index (Phi) is 5.26. The molecule has 7 heteroatoms. The summed E-state index contributed by atoms with van der Waals surface area (Å²) in [4.78, 5) is 26.6. The molecule has 0 saturated carbocycles. The first-order chi connectivity index (χ1) is 11.5. The number of likely N-dealkylation sites (tertiary alicyclic amines) is 1. The van der Waals surface area contributed by atoms with E-state index >= 15 is 0 Å². The minimum Gasteiger partial charge on any atom is -0.465 e. The number of amides is 2. The summed E-state index contributed by atoms with van der Waals surface area (Å²) in [6.07, 6.45) is 1.53. The molecule has 130 valence electrons. The maximum Gasteiger partial charge on any atom is 0.407 e. The van der Waals surface area contributed by atoms with Gasteiger partial charge in [0.2, 0.25) is 5.91 Å². The quantitative estimate of drug-likeness (QED) is 0.871. The highest BCUT2D eigenvalue weighted by Gasteiger charge is 2.34. The van der Waals surface area contributed by atoms with E-state index in [-0.39, 0.29) is 18.0 Å². The Labute approximate surface area is 146 Å². The van der Waals surface area contributed by atoms with E-state index in [2.05, 4.69) is 10.2 Å². The average molecular weight is 352 g/mol. The molecule has 2 aliphatic rings. The fourth-order valence-electron chi connectivity index (χ4n) is 3.60. The van der Waals surface area contributed by atoms with E-state index in [1.165, 1.54) is 10.5 Å². The SMILES string of the molecule is O=C1CN(C2CCN(C(=O)O)CC2)[C@@H](Cc2ccc(Cl)cc2)CN1. The molecule has 3 rings (SSSR count). The zero-order chi connectivity index (χ0) is 17.1. The average Bonchev–Trinajstić information content (AvgIpc) is 2.58. The Morgan fingerprint density at radius 3 is 2.54 bits per heavy atom. The number of carbonyl (C=O) groups excluding carboxylic acids is 1. The third-order valence-corrected chi connectivity index (χ3v) is 5.17. The van der Waals surface area contributed by atoms with Crippen LogP contribution in [0.5, 0.6) is 0 Å². The van der Waals surface area contributed by atoms with E-state index in [4.69, 9.17) is 16.7 Å². The predicted molar refractivity (Wildman–Crippen MR) is 91.3 cm³/mol. The summed E-state index contributed by atoms with van der Waals surface area (Å²) in [7, 11) is 0. The highest BCUT2D eigenvalue weighted by molar-refractivity contribution is 6.30. The van der Waals surface area contributed by atoms with Crippen molar-refractivity contribution in [3.63, 3.8) is 0 Å². The smallest absolute Gasteiger partial charge is 0.407 e. The number of piperazine rings is 1. The molecule has 0 aliphatic carbocycles. The fraction of sp³-hybridized carbons (Fsp3) is 0.529. The lowest BCUT2D eigenvalue weighted by Gasteiger charge is -2.44. The Hall–Kier alpha value is -1.79. The van der Waals surface area contributed by atoms with Gasteiger partial charge in [-0.2, -0.15) is 0 Å². The normalized spacial score (nSPS) is 23.1. The summed E-state index contributed by atoms with van der Waals surface area (Å²) < 4.78 is 0. The predicted octanol–water partition coefficient (Wildman–Crippen LogP) is 1.83. The van der Waals surface area contributed by atoms with Gasteiger partial charge < -0.3 is 15.3 Å². The van der Waals surface area contributed by atoms with Crippen molar-refractivity contribution in [1.29, 1.82) is 0 Å². The number of benzene rings is 1. The summed E-state index contributed by atoms with van der Waals surface area (Å²) in [6.45, 7) is 2.08. The highest BCUT2D eigenvalue weighted by atomic mass is 35.5. The number of nitrogens with one attached hydrogen (secondary N) is 1. The molecule has 2 saturated heterocycles. The van der Waals surface area contributed by atoms with Crippen molar-refractivity contribution in [2.24, 2.45) is 0 Å². The molecular weight excluding hydrogens is 330 g/mol. The summed E-state index contributed by atoms with van der Waals surface area (Å²) in [5.41, 5.74) is 1.19. The molecule has 1 aromatic rings. The van der Waals surface area contributed by atoms with Crippen LogP contribution in [0.2, 0.25) is 5.02 Å². The van der Waals surface area contributed by atoms with Crippen LogP contribution in [0.3, 0.4) is 0 Å². The molecule has 24 heavy (non-hydrogen) atoms. The van der Waals surface area contributed by atoms with E-state index in [0.717, 1.165) is 19.3 Å². The van der Waals surface area contributed by atoms with E-state index < -0.39 is 6.09 Å². The van der Waals surface area contributed by atoms with Crippen LogP contribution in [0, 0.1) is 0 Å². The first kappa shape index (κ1) is 17.0. The molecule has 0 radical (unpaired) electrons. The van der Waals surface area contributed by atoms with Gasteiger partial charge in [-0.3, -0.25) is 9.69 Å². The van der Waals surface area contributed by atoms with Crippen LogP contribution in [-0.4, -0.2) is 65.2 Å². The number of rotatable bonds is 3. The second-order valence-corrected chi connectivity index (χ2v) is 6.90. The second kappa shape index (κ2) is 7.40. The number of hydrogen-bond donors (Lipinski definition) is 2. The van der Waals surface area contributed by atoms with Crippen molar-refractivity contribution < 1.29 is 14.7 Å². The monoisotopic (exact) mass is 351 g/mol. The minimum absolute atomic E-state index is 0.0445. The van der Waals surface area contributed by atoms with E-state index in [1.807, 2.05) is 24.3 Å². The maximum absolute atomic E-state index is 11.9. The number of carbonyl (C=O) groups is 2. The summed E-state index contributed by atoms with van der Waals surface area (Å²) in [5, 5.41) is 12.7. The van der Waals surface area contributed by atoms with Gasteiger partial charge in [0.15, 0.2) is 0 Å². The zero-order valence-electron chi connectivity index (χ0n) is 13.4. The van der Waals surface area contributed by atoms with E-state index in [1.54, 1.807) is 0 Å². The van der Waals surface area contributed by atoms with Crippen molar-refractivity contribution in [1.82, 2.24) is 15.1 Å². The number of piperidine rings is 1. The molecule has 2 aliphatic heterocycles. The Morgan fingerprint density at radius 2 is 1.92 bits per heavy atom. The van der Waals surface area contributed by atoms with Crippen LogP contribution in [0.15, 0.2) is 24.3 Å².